The molecule has 130 valence electrons. The van der Waals surface area contributed by atoms with Crippen LogP contribution in [-0.4, -0.2) is 52.0 Å². The quantitative estimate of drug-likeness (QED) is 0.748. The zero-order chi connectivity index (χ0) is 17.4. The molecule has 0 radical (unpaired) electrons. The maximum absolute atomic E-state index is 11.9. The van der Waals surface area contributed by atoms with Crippen molar-refractivity contribution in [2.75, 3.05) is 5.75 Å². The lowest BCUT2D eigenvalue weighted by molar-refractivity contribution is -0.160. The van der Waals surface area contributed by atoms with E-state index in [1.807, 2.05) is 0 Å². The maximum Gasteiger partial charge on any atom is 0.345 e. The van der Waals surface area contributed by atoms with Crippen molar-refractivity contribution < 1.29 is 33.8 Å². The number of carbonyl (C=O) groups is 4. The van der Waals surface area contributed by atoms with Gasteiger partial charge in [-0.1, -0.05) is 0 Å². The number of thioether (sulfide) groups is 1. The molecule has 0 aromatic carbocycles. The summed E-state index contributed by atoms with van der Waals surface area (Å²) in [6.07, 6.45) is 0.183. The number of hydrogen-bond donors (Lipinski definition) is 1. The fourth-order valence-corrected chi connectivity index (χ4v) is 3.41. The van der Waals surface area contributed by atoms with Crippen LogP contribution in [0.2, 0.25) is 0 Å². The van der Waals surface area contributed by atoms with E-state index in [0.717, 1.165) is 6.92 Å². The van der Waals surface area contributed by atoms with Crippen LogP contribution in [0.25, 0.3) is 0 Å². The van der Waals surface area contributed by atoms with Crippen LogP contribution in [0.4, 0.5) is 0 Å². The van der Waals surface area contributed by atoms with E-state index in [9.17, 15) is 19.2 Å². The summed E-state index contributed by atoms with van der Waals surface area (Å²) < 4.78 is 9.91. The average molecular weight is 346 g/mol. The van der Waals surface area contributed by atoms with Crippen molar-refractivity contribution >= 4 is 35.5 Å². The topological polar surface area (TPSA) is 107 Å². The van der Waals surface area contributed by atoms with Crippen LogP contribution in [0.5, 0.6) is 0 Å². The van der Waals surface area contributed by atoms with Crippen molar-refractivity contribution in [1.82, 2.24) is 0 Å². The standard InChI is InChI=1S/C15H22O7S/c1-9-3-4-11(17)7-12(5-6-14(18)21-9)23-8-13(15(19)20)22-10(2)16/h9,12-13H,3-8H2,1-2H3,(H,19,20)/t9-,12-,13+/m1/s1. The Morgan fingerprint density at radius 1 is 1.35 bits per heavy atom. The van der Waals surface area contributed by atoms with E-state index in [0.29, 0.717) is 19.3 Å². The first kappa shape index (κ1) is 19.5. The molecule has 0 bridgehead atoms. The Labute approximate surface area is 139 Å². The second-order valence-corrected chi connectivity index (χ2v) is 6.85. The van der Waals surface area contributed by atoms with Gasteiger partial charge in [0.1, 0.15) is 5.78 Å². The summed E-state index contributed by atoms with van der Waals surface area (Å²) in [5, 5.41) is 8.83. The number of cyclic esters (lactones) is 1. The third-order valence-electron chi connectivity index (χ3n) is 3.36. The average Bonchev–Trinajstić information content (AvgIpc) is 2.45. The molecular formula is C15H22O7S. The Bertz CT molecular complexity index is 463. The van der Waals surface area contributed by atoms with Gasteiger partial charge in [0.25, 0.3) is 0 Å². The van der Waals surface area contributed by atoms with Gasteiger partial charge in [-0.3, -0.25) is 14.4 Å². The first-order valence-corrected chi connectivity index (χ1v) is 8.55. The van der Waals surface area contributed by atoms with Crippen LogP contribution >= 0.6 is 11.8 Å². The molecule has 7 nitrogen and oxygen atoms in total. The second-order valence-electron chi connectivity index (χ2n) is 5.51. The smallest absolute Gasteiger partial charge is 0.345 e. The van der Waals surface area contributed by atoms with Gasteiger partial charge in [-0.05, 0) is 19.8 Å². The number of carbonyl (C=O) groups excluding carboxylic acids is 3. The van der Waals surface area contributed by atoms with Gasteiger partial charge in [0.05, 0.1) is 6.10 Å². The van der Waals surface area contributed by atoms with E-state index in [4.69, 9.17) is 14.6 Å². The second kappa shape index (κ2) is 9.54. The zero-order valence-corrected chi connectivity index (χ0v) is 14.1. The monoisotopic (exact) mass is 346 g/mol. The molecule has 23 heavy (non-hydrogen) atoms. The van der Waals surface area contributed by atoms with E-state index in [1.165, 1.54) is 11.8 Å². The highest BCUT2D eigenvalue weighted by Crippen LogP contribution is 2.25. The maximum atomic E-state index is 11.9. The van der Waals surface area contributed by atoms with Crippen molar-refractivity contribution in [3.63, 3.8) is 0 Å². The van der Waals surface area contributed by atoms with Gasteiger partial charge >= 0.3 is 17.9 Å². The van der Waals surface area contributed by atoms with Gasteiger partial charge in [0, 0.05) is 37.2 Å². The lowest BCUT2D eigenvalue weighted by atomic mass is 10.0. The molecule has 1 N–H and O–H groups in total. The Hall–Kier alpha value is -1.57. The van der Waals surface area contributed by atoms with Crippen molar-refractivity contribution in [1.29, 1.82) is 0 Å². The van der Waals surface area contributed by atoms with Gasteiger partial charge in [-0.25, -0.2) is 4.79 Å². The molecule has 1 saturated heterocycles. The van der Waals surface area contributed by atoms with Crippen LogP contribution < -0.4 is 0 Å². The molecule has 1 aliphatic heterocycles. The summed E-state index contributed by atoms with van der Waals surface area (Å²) in [6, 6.07) is 0. The molecule has 1 aliphatic rings. The van der Waals surface area contributed by atoms with Crippen LogP contribution in [0, 0.1) is 0 Å². The SMILES string of the molecule is CC(=O)O[C@@H](CS[C@@H]1CCC(=O)O[C@H](C)CCC(=O)C1)C(=O)O. The third kappa shape index (κ3) is 8.01. The first-order valence-electron chi connectivity index (χ1n) is 7.50. The summed E-state index contributed by atoms with van der Waals surface area (Å²) in [7, 11) is 0. The number of ketones is 1. The first-order chi connectivity index (χ1) is 10.8. The van der Waals surface area contributed by atoms with Gasteiger partial charge < -0.3 is 14.6 Å². The van der Waals surface area contributed by atoms with Crippen molar-refractivity contribution in [2.45, 2.75) is 63.4 Å². The van der Waals surface area contributed by atoms with Crippen molar-refractivity contribution in [3.8, 4) is 0 Å². The molecule has 1 rings (SSSR count). The lowest BCUT2D eigenvalue weighted by Gasteiger charge is -2.21. The summed E-state index contributed by atoms with van der Waals surface area (Å²) in [5.41, 5.74) is 0. The molecule has 3 atom stereocenters. The fourth-order valence-electron chi connectivity index (χ4n) is 2.17. The van der Waals surface area contributed by atoms with E-state index >= 15 is 0 Å². The molecule has 0 unspecified atom stereocenters. The van der Waals surface area contributed by atoms with E-state index in [-0.39, 0.29) is 41.7 Å². The molecule has 1 heterocycles. The molecule has 8 heteroatoms. The number of hydrogen-bond acceptors (Lipinski definition) is 7. The molecule has 0 aromatic rings. The zero-order valence-electron chi connectivity index (χ0n) is 13.3. The predicted octanol–water partition coefficient (Wildman–Crippen LogP) is 1.57. The van der Waals surface area contributed by atoms with E-state index < -0.39 is 18.0 Å². The summed E-state index contributed by atoms with van der Waals surface area (Å²) in [4.78, 5) is 45.6. The van der Waals surface area contributed by atoms with Crippen LogP contribution in [0.15, 0.2) is 0 Å². The van der Waals surface area contributed by atoms with Crippen LogP contribution in [0.3, 0.4) is 0 Å². The number of esters is 2. The van der Waals surface area contributed by atoms with Gasteiger partial charge in [0.15, 0.2) is 0 Å². The highest BCUT2D eigenvalue weighted by Gasteiger charge is 2.25. The lowest BCUT2D eigenvalue weighted by Crippen LogP contribution is -2.30. The number of carboxylic acids is 1. The highest BCUT2D eigenvalue weighted by atomic mass is 32.2. The minimum Gasteiger partial charge on any atom is -0.478 e. The van der Waals surface area contributed by atoms with Gasteiger partial charge in [-0.2, -0.15) is 11.8 Å². The molecule has 0 spiro atoms. The van der Waals surface area contributed by atoms with E-state index in [2.05, 4.69) is 0 Å². The van der Waals surface area contributed by atoms with Crippen molar-refractivity contribution in [3.05, 3.63) is 0 Å². The molecular weight excluding hydrogens is 324 g/mol. The number of aliphatic carboxylic acids is 1. The number of ether oxygens (including phenoxy) is 2. The van der Waals surface area contributed by atoms with Crippen LogP contribution in [-0.2, 0) is 28.7 Å². The summed E-state index contributed by atoms with van der Waals surface area (Å²) in [5.74, 6) is -2.11. The Balaban J connectivity index is 2.60. The Morgan fingerprint density at radius 3 is 2.65 bits per heavy atom. The summed E-state index contributed by atoms with van der Waals surface area (Å²) >= 11 is 1.23. The summed E-state index contributed by atoms with van der Waals surface area (Å²) in [6.45, 7) is 2.90. The van der Waals surface area contributed by atoms with Gasteiger partial charge in [0.2, 0.25) is 6.10 Å². The largest absolute Gasteiger partial charge is 0.478 e. The van der Waals surface area contributed by atoms with Crippen LogP contribution in [0.1, 0.15) is 46.0 Å². The Kier molecular flexibility index (Phi) is 8.08. The normalized spacial score (nSPS) is 24.4. The number of Topliss-reactive ketones (excluding diaryl/α,β-unsaturated/α-hetero) is 1. The Morgan fingerprint density at radius 2 is 2.04 bits per heavy atom. The van der Waals surface area contributed by atoms with Gasteiger partial charge in [-0.15, -0.1) is 0 Å². The molecule has 0 saturated carbocycles. The molecule has 0 amide bonds. The van der Waals surface area contributed by atoms with Crippen molar-refractivity contribution in [2.24, 2.45) is 0 Å². The fraction of sp³-hybridized carbons (Fsp3) is 0.733. The number of carboxylic acid groups (broad SMARTS) is 1. The molecule has 1 fully saturated rings. The molecule has 0 aromatic heterocycles. The third-order valence-corrected chi connectivity index (χ3v) is 4.72. The van der Waals surface area contributed by atoms with E-state index in [1.54, 1.807) is 6.92 Å². The molecule has 0 aliphatic carbocycles. The highest BCUT2D eigenvalue weighted by molar-refractivity contribution is 8.00. The number of rotatable bonds is 5. The predicted molar refractivity (Wildman–Crippen MR) is 83.1 cm³/mol. The minimum atomic E-state index is -1.25. The minimum absolute atomic E-state index is 0.0400.